The molecular weight excluding hydrogens is 464 g/mol. The molecule has 0 aliphatic heterocycles. The fourth-order valence-corrected chi connectivity index (χ4v) is 5.81. The molecule has 0 radical (unpaired) electrons. The maximum atomic E-state index is 11.0. The summed E-state index contributed by atoms with van der Waals surface area (Å²) in [7, 11) is 0. The van der Waals surface area contributed by atoms with Gasteiger partial charge in [-0.15, -0.1) is 22.9 Å². The van der Waals surface area contributed by atoms with Crippen molar-refractivity contribution in [1.29, 1.82) is 0 Å². The number of rotatable bonds is 10. The van der Waals surface area contributed by atoms with E-state index in [-0.39, 0.29) is 16.7 Å². The van der Waals surface area contributed by atoms with Gasteiger partial charge in [-0.2, -0.15) is 0 Å². The number of alkyl halides is 1. The predicted octanol–water partition coefficient (Wildman–Crippen LogP) is 7.33. The Bertz CT molecular complexity index is 1120. The van der Waals surface area contributed by atoms with Crippen molar-refractivity contribution in [3.05, 3.63) is 105 Å². The normalized spacial score (nSPS) is 20.0. The molecule has 178 valence electrons. The quantitative estimate of drug-likeness (QED) is 0.237. The van der Waals surface area contributed by atoms with Crippen molar-refractivity contribution in [2.45, 2.75) is 44.1 Å². The highest BCUT2D eigenvalue weighted by Gasteiger charge is 2.30. The Hall–Kier alpha value is -2.40. The number of thiophene rings is 1. The smallest absolute Gasteiger partial charge is 0.345 e. The molecule has 3 nitrogen and oxygen atoms in total. The SMILES string of the molecule is CC(C)(c1ccccc1)c1ccc(CC[C@H]2C(Cl)C=C[C@@H]2COCc2ccc(C(=O)O)s2)cc1. The molecule has 1 unspecified atom stereocenters. The maximum Gasteiger partial charge on any atom is 0.345 e. The molecule has 0 saturated carbocycles. The first-order valence-electron chi connectivity index (χ1n) is 11.7. The molecule has 3 atom stereocenters. The summed E-state index contributed by atoms with van der Waals surface area (Å²) < 4.78 is 5.93. The molecule has 1 aromatic heterocycles. The van der Waals surface area contributed by atoms with Crippen LogP contribution in [0.25, 0.3) is 0 Å². The highest BCUT2D eigenvalue weighted by molar-refractivity contribution is 7.13. The van der Waals surface area contributed by atoms with Crippen molar-refractivity contribution >= 4 is 28.9 Å². The van der Waals surface area contributed by atoms with E-state index >= 15 is 0 Å². The van der Waals surface area contributed by atoms with Crippen molar-refractivity contribution in [3.8, 4) is 0 Å². The number of hydrogen-bond acceptors (Lipinski definition) is 3. The van der Waals surface area contributed by atoms with E-state index in [1.807, 2.05) is 6.07 Å². The average molecular weight is 495 g/mol. The van der Waals surface area contributed by atoms with E-state index in [0.717, 1.165) is 17.7 Å². The topological polar surface area (TPSA) is 46.5 Å². The number of aryl methyl sites for hydroxylation is 1. The van der Waals surface area contributed by atoms with Crippen LogP contribution in [0, 0.1) is 11.8 Å². The summed E-state index contributed by atoms with van der Waals surface area (Å²) in [4.78, 5) is 12.3. The van der Waals surface area contributed by atoms with Gasteiger partial charge in [0, 0.05) is 16.2 Å². The number of hydrogen-bond donors (Lipinski definition) is 1. The average Bonchev–Trinajstić information content (AvgIpc) is 3.45. The number of carbonyl (C=O) groups is 1. The summed E-state index contributed by atoms with van der Waals surface area (Å²) in [6, 6.07) is 23.1. The van der Waals surface area contributed by atoms with E-state index in [1.54, 1.807) is 6.07 Å². The zero-order valence-electron chi connectivity index (χ0n) is 19.6. The van der Waals surface area contributed by atoms with Gasteiger partial charge < -0.3 is 9.84 Å². The second-order valence-corrected chi connectivity index (χ2v) is 11.1. The van der Waals surface area contributed by atoms with E-state index < -0.39 is 5.97 Å². The largest absolute Gasteiger partial charge is 0.477 e. The Labute approximate surface area is 211 Å². The molecule has 0 saturated heterocycles. The molecule has 4 rings (SSSR count). The number of halogens is 1. The molecule has 3 aromatic rings. The number of allylic oxidation sites excluding steroid dienone is 1. The molecule has 0 amide bonds. The number of carboxylic acid groups (broad SMARTS) is 1. The monoisotopic (exact) mass is 494 g/mol. The van der Waals surface area contributed by atoms with E-state index in [4.69, 9.17) is 21.4 Å². The van der Waals surface area contributed by atoms with Crippen LogP contribution in [-0.4, -0.2) is 23.1 Å². The summed E-state index contributed by atoms with van der Waals surface area (Å²) in [6.45, 7) is 5.56. The second-order valence-electron chi connectivity index (χ2n) is 9.47. The van der Waals surface area contributed by atoms with Gasteiger partial charge in [0.25, 0.3) is 0 Å². The van der Waals surface area contributed by atoms with Gasteiger partial charge in [-0.1, -0.05) is 80.6 Å². The van der Waals surface area contributed by atoms with E-state index in [2.05, 4.69) is 80.6 Å². The zero-order chi connectivity index (χ0) is 24.1. The first-order chi connectivity index (χ1) is 16.3. The third-order valence-electron chi connectivity index (χ3n) is 6.87. The Kier molecular flexibility index (Phi) is 7.92. The van der Waals surface area contributed by atoms with Crippen LogP contribution in [0.4, 0.5) is 0 Å². The lowest BCUT2D eigenvalue weighted by molar-refractivity contribution is 0.0702. The fourth-order valence-electron chi connectivity index (χ4n) is 4.63. The van der Waals surface area contributed by atoms with Gasteiger partial charge in [-0.25, -0.2) is 4.79 Å². The van der Waals surface area contributed by atoms with E-state index in [0.29, 0.717) is 24.0 Å². The molecule has 0 spiro atoms. The third-order valence-corrected chi connectivity index (χ3v) is 8.38. The molecule has 0 fully saturated rings. The van der Waals surface area contributed by atoms with Crippen LogP contribution in [0.2, 0.25) is 0 Å². The lowest BCUT2D eigenvalue weighted by Gasteiger charge is -2.26. The Balaban J connectivity index is 1.30. The summed E-state index contributed by atoms with van der Waals surface area (Å²) in [5, 5.41) is 9.08. The minimum atomic E-state index is -0.892. The fraction of sp³-hybridized carbons (Fsp3) is 0.345. The molecule has 1 N–H and O–H groups in total. The first kappa shape index (κ1) is 24.7. The standard InChI is InChI=1S/C29H31ClO3S/c1-29(2,22-6-4-3-5-7-22)23-12-8-20(9-13-23)10-15-25-21(11-16-26(25)30)18-33-19-24-14-17-27(34-24)28(31)32/h3-9,11-14,16-17,21,25-26H,10,15,18-19H2,1-2H3,(H,31,32)/t21-,25-,26?/m1/s1. The van der Waals surface area contributed by atoms with Gasteiger partial charge in [0.15, 0.2) is 0 Å². The van der Waals surface area contributed by atoms with E-state index in [9.17, 15) is 4.79 Å². The number of ether oxygens (including phenoxy) is 1. The molecule has 1 aliphatic rings. The molecule has 5 heteroatoms. The van der Waals surface area contributed by atoms with E-state index in [1.165, 1.54) is 28.0 Å². The van der Waals surface area contributed by atoms with Gasteiger partial charge in [0.2, 0.25) is 0 Å². The van der Waals surface area contributed by atoms with Crippen LogP contribution in [-0.2, 0) is 23.2 Å². The predicted molar refractivity (Wildman–Crippen MR) is 140 cm³/mol. The number of aromatic carboxylic acids is 1. The van der Waals surface area contributed by atoms with Crippen LogP contribution in [0.1, 0.15) is 51.5 Å². The maximum absolute atomic E-state index is 11.0. The van der Waals surface area contributed by atoms with Crippen molar-refractivity contribution in [1.82, 2.24) is 0 Å². The Morgan fingerprint density at radius 2 is 1.71 bits per heavy atom. The third kappa shape index (κ3) is 5.80. The number of benzene rings is 2. The molecular formula is C29H31ClO3S. The van der Waals surface area contributed by atoms with Crippen molar-refractivity contribution in [2.24, 2.45) is 11.8 Å². The molecule has 34 heavy (non-hydrogen) atoms. The first-order valence-corrected chi connectivity index (χ1v) is 13.0. The summed E-state index contributed by atoms with van der Waals surface area (Å²) >= 11 is 7.89. The molecule has 0 bridgehead atoms. The van der Waals surface area contributed by atoms with Gasteiger partial charge in [0.1, 0.15) is 4.88 Å². The summed E-state index contributed by atoms with van der Waals surface area (Å²) in [5.74, 6) is -0.283. The highest BCUT2D eigenvalue weighted by Crippen LogP contribution is 2.35. The zero-order valence-corrected chi connectivity index (χ0v) is 21.2. The molecule has 1 heterocycles. The second kappa shape index (κ2) is 10.9. The molecule has 1 aliphatic carbocycles. The minimum absolute atomic E-state index is 0.0187. The Morgan fingerprint density at radius 1 is 1.00 bits per heavy atom. The molecule has 2 aromatic carbocycles. The van der Waals surface area contributed by atoms with Gasteiger partial charge in [-0.05, 0) is 47.6 Å². The van der Waals surface area contributed by atoms with Gasteiger partial charge in [0.05, 0.1) is 18.6 Å². The highest BCUT2D eigenvalue weighted by atomic mass is 35.5. The van der Waals surface area contributed by atoms with Crippen molar-refractivity contribution in [2.75, 3.05) is 6.61 Å². The van der Waals surface area contributed by atoms with Crippen molar-refractivity contribution in [3.63, 3.8) is 0 Å². The number of carboxylic acids is 1. The minimum Gasteiger partial charge on any atom is -0.477 e. The van der Waals surface area contributed by atoms with Crippen molar-refractivity contribution < 1.29 is 14.6 Å². The lowest BCUT2D eigenvalue weighted by atomic mass is 9.78. The van der Waals surface area contributed by atoms with Crippen LogP contribution >= 0.6 is 22.9 Å². The lowest BCUT2D eigenvalue weighted by Crippen LogP contribution is -2.21. The van der Waals surface area contributed by atoms with Gasteiger partial charge in [-0.3, -0.25) is 0 Å². The van der Waals surface area contributed by atoms with Crippen LogP contribution in [0.15, 0.2) is 78.9 Å². The van der Waals surface area contributed by atoms with Crippen LogP contribution in [0.5, 0.6) is 0 Å². The summed E-state index contributed by atoms with van der Waals surface area (Å²) in [6.07, 6.45) is 6.23. The van der Waals surface area contributed by atoms with Crippen LogP contribution < -0.4 is 0 Å². The summed E-state index contributed by atoms with van der Waals surface area (Å²) in [5.41, 5.74) is 3.91. The Morgan fingerprint density at radius 3 is 2.38 bits per heavy atom. The van der Waals surface area contributed by atoms with Gasteiger partial charge >= 0.3 is 5.97 Å². The van der Waals surface area contributed by atoms with Crippen LogP contribution in [0.3, 0.4) is 0 Å².